The van der Waals surface area contributed by atoms with Gasteiger partial charge in [0.05, 0.1) is 24.5 Å². The van der Waals surface area contributed by atoms with E-state index in [1.807, 2.05) is 38.1 Å². The second-order valence-corrected chi connectivity index (χ2v) is 5.13. The number of fused-ring (bicyclic) bond motifs is 1. The summed E-state index contributed by atoms with van der Waals surface area (Å²) in [5.41, 5.74) is 0.965. The quantitative estimate of drug-likeness (QED) is 0.846. The average molecular weight is 272 g/mol. The summed E-state index contributed by atoms with van der Waals surface area (Å²) >= 11 is 0. The molecule has 2 unspecified atom stereocenters. The normalized spacial score (nSPS) is 18.4. The Kier molecular flexibility index (Phi) is 4.62. The van der Waals surface area contributed by atoms with Crippen LogP contribution in [0.15, 0.2) is 24.3 Å². The summed E-state index contributed by atoms with van der Waals surface area (Å²) in [6.45, 7) is 5.48. The van der Waals surface area contributed by atoms with E-state index in [0.717, 1.165) is 11.3 Å². The van der Waals surface area contributed by atoms with Crippen molar-refractivity contribution in [2.24, 2.45) is 5.92 Å². The van der Waals surface area contributed by atoms with Gasteiger partial charge < -0.3 is 9.64 Å². The van der Waals surface area contributed by atoms with E-state index in [-0.39, 0.29) is 17.7 Å². The van der Waals surface area contributed by atoms with E-state index in [4.69, 9.17) is 10.00 Å². The van der Waals surface area contributed by atoms with Gasteiger partial charge in [0.25, 0.3) is 0 Å². The highest BCUT2D eigenvalue weighted by Crippen LogP contribution is 2.34. The van der Waals surface area contributed by atoms with Crippen LogP contribution in [0.1, 0.15) is 31.7 Å². The molecular formula is C16H20N2O2. The zero-order valence-corrected chi connectivity index (χ0v) is 12.0. The predicted molar refractivity (Wildman–Crippen MR) is 76.3 cm³/mol. The minimum atomic E-state index is -0.147. The molecule has 0 N–H and O–H groups in total. The molecule has 0 aromatic heterocycles. The van der Waals surface area contributed by atoms with E-state index in [0.29, 0.717) is 26.1 Å². The Bertz CT molecular complexity index is 521. The number of likely N-dealkylation sites (N-methyl/N-ethyl adjacent to an activating group) is 1. The number of hydrogen-bond acceptors (Lipinski definition) is 3. The lowest BCUT2D eigenvalue weighted by Gasteiger charge is -2.30. The van der Waals surface area contributed by atoms with Crippen LogP contribution in [0.2, 0.25) is 0 Å². The van der Waals surface area contributed by atoms with E-state index in [1.165, 1.54) is 0 Å². The maximum atomic E-state index is 12.7. The predicted octanol–water partition coefficient (Wildman–Crippen LogP) is 2.56. The summed E-state index contributed by atoms with van der Waals surface area (Å²) in [7, 11) is 0. The van der Waals surface area contributed by atoms with Crippen LogP contribution < -0.4 is 4.74 Å². The van der Waals surface area contributed by atoms with Crippen LogP contribution in [0.3, 0.4) is 0 Å². The fourth-order valence-corrected chi connectivity index (χ4v) is 2.57. The van der Waals surface area contributed by atoms with Gasteiger partial charge in [-0.1, -0.05) is 18.2 Å². The number of carbonyl (C=O) groups is 1. The highest BCUT2D eigenvalue weighted by atomic mass is 16.5. The molecule has 0 saturated carbocycles. The summed E-state index contributed by atoms with van der Waals surface area (Å²) in [5.74, 6) is 0.617. The van der Waals surface area contributed by atoms with Crippen molar-refractivity contribution in [3.63, 3.8) is 0 Å². The molecule has 0 aliphatic carbocycles. The molecule has 1 aliphatic heterocycles. The van der Waals surface area contributed by atoms with Crippen molar-refractivity contribution in [2.45, 2.75) is 26.2 Å². The molecule has 1 aliphatic rings. The molecule has 106 valence electrons. The van der Waals surface area contributed by atoms with E-state index >= 15 is 0 Å². The van der Waals surface area contributed by atoms with Crippen molar-refractivity contribution >= 4 is 5.91 Å². The zero-order chi connectivity index (χ0) is 14.5. The summed E-state index contributed by atoms with van der Waals surface area (Å²) < 4.78 is 5.60. The topological polar surface area (TPSA) is 53.3 Å². The molecule has 2 rings (SSSR count). The van der Waals surface area contributed by atoms with Crippen LogP contribution in [0, 0.1) is 17.2 Å². The fourth-order valence-electron chi connectivity index (χ4n) is 2.57. The Morgan fingerprint density at radius 1 is 1.55 bits per heavy atom. The molecule has 4 nitrogen and oxygen atoms in total. The monoisotopic (exact) mass is 272 g/mol. The van der Waals surface area contributed by atoms with Gasteiger partial charge in [-0.05, 0) is 26.3 Å². The van der Waals surface area contributed by atoms with Gasteiger partial charge in [-0.2, -0.15) is 5.26 Å². The van der Waals surface area contributed by atoms with Gasteiger partial charge in [-0.3, -0.25) is 4.79 Å². The van der Waals surface area contributed by atoms with Gasteiger partial charge in [0.2, 0.25) is 5.91 Å². The Morgan fingerprint density at radius 2 is 2.30 bits per heavy atom. The molecule has 1 aromatic rings. The fraction of sp³-hybridized carbons (Fsp3) is 0.500. The first-order valence-electron chi connectivity index (χ1n) is 7.07. The molecule has 4 heteroatoms. The SMILES string of the molecule is CCN(CC(C)C#N)C(=O)C1CCOc2ccccc21. The summed E-state index contributed by atoms with van der Waals surface area (Å²) in [6.07, 6.45) is 0.702. The molecular weight excluding hydrogens is 252 g/mol. The van der Waals surface area contributed by atoms with Crippen LogP contribution in [0.5, 0.6) is 5.75 Å². The molecule has 2 atom stereocenters. The number of ether oxygens (including phenoxy) is 1. The third kappa shape index (κ3) is 2.93. The molecule has 1 heterocycles. The number of nitrogens with zero attached hydrogens (tertiary/aromatic N) is 2. The van der Waals surface area contributed by atoms with Gasteiger partial charge in [-0.15, -0.1) is 0 Å². The van der Waals surface area contributed by atoms with E-state index in [2.05, 4.69) is 6.07 Å². The standard InChI is InChI=1S/C16H20N2O2/c1-3-18(11-12(2)10-17)16(19)14-8-9-20-15-7-5-4-6-13(14)15/h4-7,12,14H,3,8-9,11H2,1-2H3. The molecule has 1 amide bonds. The minimum absolute atomic E-state index is 0.102. The highest BCUT2D eigenvalue weighted by molar-refractivity contribution is 5.84. The van der Waals surface area contributed by atoms with Crippen molar-refractivity contribution in [1.29, 1.82) is 5.26 Å². The summed E-state index contributed by atoms with van der Waals surface area (Å²) in [6, 6.07) is 9.90. The number of hydrogen-bond donors (Lipinski definition) is 0. The first-order chi connectivity index (χ1) is 9.67. The third-order valence-electron chi connectivity index (χ3n) is 3.66. The van der Waals surface area contributed by atoms with Crippen LogP contribution in [0.25, 0.3) is 0 Å². The molecule has 1 aromatic carbocycles. The van der Waals surface area contributed by atoms with E-state index < -0.39 is 0 Å². The summed E-state index contributed by atoms with van der Waals surface area (Å²) in [5, 5.41) is 8.92. The molecule has 0 radical (unpaired) electrons. The van der Waals surface area contributed by atoms with Crippen molar-refractivity contribution < 1.29 is 9.53 Å². The number of rotatable bonds is 4. The van der Waals surface area contributed by atoms with Crippen LogP contribution in [0.4, 0.5) is 0 Å². The van der Waals surface area contributed by atoms with Crippen LogP contribution in [-0.4, -0.2) is 30.5 Å². The van der Waals surface area contributed by atoms with E-state index in [1.54, 1.807) is 4.90 Å². The number of carbonyl (C=O) groups excluding carboxylic acids is 1. The maximum absolute atomic E-state index is 12.7. The van der Waals surface area contributed by atoms with Gasteiger partial charge in [0, 0.05) is 18.7 Å². The Labute approximate surface area is 120 Å². The lowest BCUT2D eigenvalue weighted by atomic mass is 9.91. The largest absolute Gasteiger partial charge is 0.493 e. The van der Waals surface area contributed by atoms with E-state index in [9.17, 15) is 4.79 Å². The molecule has 0 bridgehead atoms. The Hall–Kier alpha value is -2.02. The van der Waals surface area contributed by atoms with Crippen LogP contribution >= 0.6 is 0 Å². The van der Waals surface area contributed by atoms with Crippen molar-refractivity contribution in [1.82, 2.24) is 4.90 Å². The average Bonchev–Trinajstić information content (AvgIpc) is 2.51. The van der Waals surface area contributed by atoms with Crippen LogP contribution in [-0.2, 0) is 4.79 Å². The number of benzene rings is 1. The molecule has 0 saturated heterocycles. The van der Waals surface area contributed by atoms with Gasteiger partial charge in [0.1, 0.15) is 5.75 Å². The van der Waals surface area contributed by atoms with Gasteiger partial charge in [0.15, 0.2) is 0 Å². The van der Waals surface area contributed by atoms with Gasteiger partial charge in [-0.25, -0.2) is 0 Å². The minimum Gasteiger partial charge on any atom is -0.493 e. The Morgan fingerprint density at radius 3 is 3.00 bits per heavy atom. The van der Waals surface area contributed by atoms with Gasteiger partial charge >= 0.3 is 0 Å². The second-order valence-electron chi connectivity index (χ2n) is 5.13. The first-order valence-corrected chi connectivity index (χ1v) is 7.07. The molecule has 0 fully saturated rings. The van der Waals surface area contributed by atoms with Crippen molar-refractivity contribution in [3.8, 4) is 11.8 Å². The summed E-state index contributed by atoms with van der Waals surface area (Å²) in [4.78, 5) is 14.5. The number of nitriles is 1. The molecule has 0 spiro atoms. The lowest BCUT2D eigenvalue weighted by molar-refractivity contribution is -0.133. The second kappa shape index (κ2) is 6.42. The zero-order valence-electron chi connectivity index (χ0n) is 12.0. The smallest absolute Gasteiger partial charge is 0.230 e. The van der Waals surface area contributed by atoms with Crippen molar-refractivity contribution in [3.05, 3.63) is 29.8 Å². The Balaban J connectivity index is 2.19. The first kappa shape index (κ1) is 14.4. The van der Waals surface area contributed by atoms with Crippen molar-refractivity contribution in [2.75, 3.05) is 19.7 Å². The highest BCUT2D eigenvalue weighted by Gasteiger charge is 2.30. The number of para-hydroxylation sites is 1. The third-order valence-corrected chi connectivity index (χ3v) is 3.66. The lowest BCUT2D eigenvalue weighted by Crippen LogP contribution is -2.39. The number of amides is 1. The maximum Gasteiger partial charge on any atom is 0.230 e. The molecule has 20 heavy (non-hydrogen) atoms.